The van der Waals surface area contributed by atoms with Crippen molar-refractivity contribution in [3.63, 3.8) is 0 Å². The van der Waals surface area contributed by atoms with Crippen molar-refractivity contribution in [3.8, 4) is 28.7 Å². The second kappa shape index (κ2) is 52.5. The van der Waals surface area contributed by atoms with Crippen LogP contribution < -0.4 is 76.7 Å². The minimum atomic E-state index is -0.193. The lowest BCUT2D eigenvalue weighted by Crippen LogP contribution is -2.23. The summed E-state index contributed by atoms with van der Waals surface area (Å²) in [6.45, 7) is 26.3. The summed E-state index contributed by atoms with van der Waals surface area (Å²) in [5.41, 5.74) is 15.8. The lowest BCUT2D eigenvalue weighted by molar-refractivity contribution is 0.0505. The lowest BCUT2D eigenvalue weighted by atomic mass is 9.80. The van der Waals surface area contributed by atoms with Gasteiger partial charge in [-0.1, -0.05) is 348 Å². The van der Waals surface area contributed by atoms with Crippen LogP contribution in [0.4, 0.5) is 22.0 Å². The molecule has 14 rings (SSSR count). The molecule has 0 amide bonds. The number of rotatable bonds is 33. The third-order valence-corrected chi connectivity index (χ3v) is 27.7. The van der Waals surface area contributed by atoms with Crippen LogP contribution in [-0.4, -0.2) is 69.5 Å². The maximum atomic E-state index is 14.5. The summed E-state index contributed by atoms with van der Waals surface area (Å²) in [5, 5.41) is 8.44. The minimum absolute atomic E-state index is 0.00909. The van der Waals surface area contributed by atoms with Gasteiger partial charge in [-0.3, -0.25) is 0 Å². The molecule has 0 fully saturated rings. The number of halogens is 5. The highest BCUT2D eigenvalue weighted by Gasteiger charge is 2.28. The van der Waals surface area contributed by atoms with Gasteiger partial charge in [-0.25, -0.2) is 22.0 Å². The fourth-order valence-electron chi connectivity index (χ4n) is 14.3. The molecule has 5 unspecified atom stereocenters. The van der Waals surface area contributed by atoms with E-state index in [-0.39, 0.29) is 122 Å². The lowest BCUT2D eigenvalue weighted by Gasteiger charge is -2.29. The van der Waals surface area contributed by atoms with Crippen LogP contribution in [0.3, 0.4) is 0 Å². The van der Waals surface area contributed by atoms with Crippen molar-refractivity contribution >= 4 is 95.9 Å². The normalized spacial score (nSPS) is 11.7. The Morgan fingerprint density at radius 3 is 1.00 bits per heavy atom. The average Bonchev–Trinajstić information content (AvgIpc) is 0.776. The molecule has 0 heterocycles. The molecule has 0 saturated heterocycles. The van der Waals surface area contributed by atoms with Crippen LogP contribution >= 0.6 is 42.9 Å². The molecule has 14 aromatic carbocycles. The van der Waals surface area contributed by atoms with E-state index < -0.39 is 0 Å². The van der Waals surface area contributed by atoms with Crippen molar-refractivity contribution in [2.24, 2.45) is 0 Å². The second-order valence-corrected chi connectivity index (χ2v) is 41.6. The number of benzene rings is 14. The molecule has 0 N–H and O–H groups in total. The van der Waals surface area contributed by atoms with Gasteiger partial charge < -0.3 is 47.4 Å². The van der Waals surface area contributed by atoms with E-state index >= 15 is 0 Å². The quantitative estimate of drug-likeness (QED) is 0.0225. The molecule has 0 aliphatic heterocycles. The van der Waals surface area contributed by atoms with Crippen molar-refractivity contribution in [1.82, 2.24) is 0 Å². The van der Waals surface area contributed by atoms with Gasteiger partial charge in [-0.15, -0.1) is 0 Å². The zero-order valence-electron chi connectivity index (χ0n) is 79.2. The number of aryl methyl sites for hydroxylation is 3. The molecule has 0 aliphatic carbocycles. The van der Waals surface area contributed by atoms with E-state index in [0.29, 0.717) is 26.5 Å². The Morgan fingerprint density at radius 1 is 0.233 bits per heavy atom. The van der Waals surface area contributed by atoms with Gasteiger partial charge >= 0.3 is 0 Å². The largest absolute Gasteiger partial charge is 0.467 e. The Hall–Kier alpha value is -10.3. The van der Waals surface area contributed by atoms with Crippen molar-refractivity contribution in [2.75, 3.05) is 69.5 Å². The monoisotopic (exact) mass is 1890 g/mol. The topological polar surface area (TPSA) is 92.3 Å². The molecule has 5 atom stereocenters. The highest BCUT2D eigenvalue weighted by Crippen LogP contribution is 2.39. The molecule has 133 heavy (non-hydrogen) atoms. The van der Waals surface area contributed by atoms with Gasteiger partial charge in [-0.05, 0) is 183 Å². The van der Waals surface area contributed by atoms with Gasteiger partial charge in [0, 0.05) is 107 Å². The van der Waals surface area contributed by atoms with Crippen LogP contribution in [0.15, 0.2) is 303 Å². The molecule has 0 bridgehead atoms. The first-order valence-corrected chi connectivity index (χ1v) is 49.0. The van der Waals surface area contributed by atoms with E-state index in [1.165, 1.54) is 62.7 Å². The Kier molecular flexibility index (Phi) is 41.4. The van der Waals surface area contributed by atoms with Crippen LogP contribution in [0.5, 0.6) is 28.7 Å². The fourth-order valence-corrected chi connectivity index (χ4v) is 20.4. The smallest absolute Gasteiger partial charge is 0.188 e. The Morgan fingerprint density at radius 2 is 0.571 bits per heavy atom. The zero-order chi connectivity index (χ0) is 95.5. The third kappa shape index (κ3) is 33.0. The number of methoxy groups -OCH3 is 5. The highest BCUT2D eigenvalue weighted by molar-refractivity contribution is 7.57. The molecular weight excluding hydrogens is 1770 g/mol. The van der Waals surface area contributed by atoms with E-state index in [9.17, 15) is 22.0 Å². The fraction of sp³-hybridized carbons (Fsp3) is 0.257. The summed E-state index contributed by atoms with van der Waals surface area (Å²) in [4.78, 5) is 0. The van der Waals surface area contributed by atoms with Gasteiger partial charge in [0.05, 0.1) is 0 Å². The summed E-state index contributed by atoms with van der Waals surface area (Å²) in [5.74, 6) is 3.03. The number of hydrogen-bond donors (Lipinski definition) is 0. The molecule has 0 radical (unpaired) electrons. The summed E-state index contributed by atoms with van der Waals surface area (Å²) < 4.78 is 126. The van der Waals surface area contributed by atoms with Crippen LogP contribution in [0.2, 0.25) is 0 Å². The van der Waals surface area contributed by atoms with E-state index in [1.54, 1.807) is 65.9 Å². The van der Waals surface area contributed by atoms with Crippen LogP contribution in [0, 0.1) is 49.9 Å². The molecule has 0 aliphatic rings. The Labute approximate surface area is 793 Å². The molecule has 10 nitrogen and oxygen atoms in total. The second-order valence-electron chi connectivity index (χ2n) is 35.0. The predicted molar refractivity (Wildman–Crippen MR) is 552 cm³/mol. The van der Waals surface area contributed by atoms with Gasteiger partial charge in [0.1, 0.15) is 57.8 Å². The minimum Gasteiger partial charge on any atom is -0.467 e. The highest BCUT2D eigenvalue weighted by atomic mass is 31.1. The molecule has 0 spiro atoms. The number of para-hydroxylation sites is 1. The van der Waals surface area contributed by atoms with E-state index in [2.05, 4.69) is 165 Å². The zero-order valence-corrected chi connectivity index (χ0v) is 84.2. The molecular formula is C113H124F5O10P5. The Balaban J connectivity index is 0.000000173. The number of hydrogen-bond acceptors (Lipinski definition) is 10. The number of ether oxygens (including phenoxy) is 10. The standard InChI is InChI=1S/C28H26FO2P.C23H32FO2P.2C21H20FO2P.C20H26FO2P/c1-30-20-31-28-24(17-22-12-6-3-7-13-22)18-23(16-21-10-4-2-5-11-21)19-27(28)32-26-15-9-8-14-25(26)29;1-15-9-10-19(18(24)11-15)27-20-13-16(22(2,3)4)12-17(23(5,6)7)21(20)26-14-25-8;1-23-15-24-21-17(14-16-8-3-2-4-9-16)10-7-13-20(21)25-19-12-6-5-11-18(19)22;1-23-15-24-19-12-11-17(13-16-7-3-2-4-8-16)14-21(19)25-20-10-6-5-9-18(20)22;1-13-7-8-17(16(21)9-13)24-18-11-15(20(3,4)5)10-14(2)19(18)23-12-22-6/h2-15,18-19,32H,16-17,20H2,1H3;9-13,27H,14H2,1-8H3;2-13,25H,14-15H2,1H3;2-12,14,25H,13,15H2,1H3;7-11,24H,12H2,1-6H3. The summed E-state index contributed by atoms with van der Waals surface area (Å²) in [6.07, 6.45) is 3.13. The van der Waals surface area contributed by atoms with Crippen LogP contribution in [0.25, 0.3) is 0 Å². The van der Waals surface area contributed by atoms with Crippen molar-refractivity contribution in [1.29, 1.82) is 0 Å². The maximum Gasteiger partial charge on any atom is 0.188 e. The van der Waals surface area contributed by atoms with Gasteiger partial charge in [0.15, 0.2) is 34.0 Å². The molecule has 696 valence electrons. The third-order valence-electron chi connectivity index (χ3n) is 21.1. The van der Waals surface area contributed by atoms with E-state index in [1.807, 2.05) is 172 Å². The average molecular weight is 1890 g/mol. The first kappa shape index (κ1) is 105. The van der Waals surface area contributed by atoms with Crippen molar-refractivity contribution in [3.05, 3.63) is 410 Å². The Bertz CT molecular complexity index is 5950. The maximum absolute atomic E-state index is 14.5. The van der Waals surface area contributed by atoms with Crippen molar-refractivity contribution < 1.29 is 69.3 Å². The van der Waals surface area contributed by atoms with Gasteiger partial charge in [0.25, 0.3) is 0 Å². The van der Waals surface area contributed by atoms with Crippen LogP contribution in [-0.2, 0) is 65.6 Å². The summed E-state index contributed by atoms with van der Waals surface area (Å²) in [7, 11) is 8.90. The molecule has 0 saturated carbocycles. The first-order valence-electron chi connectivity index (χ1n) is 44.0. The summed E-state index contributed by atoms with van der Waals surface area (Å²) in [6, 6.07) is 97.9. The van der Waals surface area contributed by atoms with Crippen molar-refractivity contribution in [2.45, 2.75) is 125 Å². The molecule has 14 aromatic rings. The first-order chi connectivity index (χ1) is 63.9. The van der Waals surface area contributed by atoms with E-state index in [4.69, 9.17) is 47.4 Å². The summed E-state index contributed by atoms with van der Waals surface area (Å²) >= 11 is 0. The van der Waals surface area contributed by atoms with Gasteiger partial charge in [0.2, 0.25) is 0 Å². The van der Waals surface area contributed by atoms with E-state index in [0.717, 1.165) is 114 Å². The molecule has 0 aromatic heterocycles. The van der Waals surface area contributed by atoms with Crippen LogP contribution in [0.1, 0.15) is 140 Å². The van der Waals surface area contributed by atoms with Gasteiger partial charge in [-0.2, -0.15) is 0 Å². The molecule has 20 heteroatoms. The predicted octanol–water partition coefficient (Wildman–Crippen LogP) is 23.4. The SMILES string of the molecule is COCOc1c(C)cc(C(C)(C)C)cc1Pc1ccc(C)cc1F.COCOc1c(Cc2ccccc2)cc(Cc2ccccc2)cc1Pc1ccccc1F.COCOc1c(Cc2ccccc2)cccc1Pc1ccccc1F.COCOc1c(Pc2ccc(C)cc2F)cc(C(C)(C)C)cc1C(C)(C)C.COCOc1ccc(Cc2ccccc2)cc1Pc1ccccc1F.